The van der Waals surface area contributed by atoms with Crippen LogP contribution >= 0.6 is 23.1 Å². The van der Waals surface area contributed by atoms with Gasteiger partial charge in [-0.15, -0.1) is 16.4 Å². The van der Waals surface area contributed by atoms with Gasteiger partial charge in [-0.3, -0.25) is 9.36 Å². The van der Waals surface area contributed by atoms with Crippen LogP contribution in [0.3, 0.4) is 0 Å². The molecule has 0 unspecified atom stereocenters. The van der Waals surface area contributed by atoms with Gasteiger partial charge >= 0.3 is 5.69 Å². The van der Waals surface area contributed by atoms with Crippen molar-refractivity contribution in [1.29, 1.82) is 0 Å². The molecule has 9 heteroatoms. The van der Waals surface area contributed by atoms with E-state index in [1.165, 1.54) is 11.8 Å². The lowest BCUT2D eigenvalue weighted by Crippen LogP contribution is -2.28. The van der Waals surface area contributed by atoms with Crippen LogP contribution in [-0.4, -0.2) is 43.4 Å². The van der Waals surface area contributed by atoms with Gasteiger partial charge in [0.15, 0.2) is 5.16 Å². The second-order valence-corrected chi connectivity index (χ2v) is 7.63. The van der Waals surface area contributed by atoms with E-state index in [2.05, 4.69) is 15.2 Å². The highest BCUT2D eigenvalue weighted by Gasteiger charge is 2.15. The topological polar surface area (TPSA) is 83.9 Å². The van der Waals surface area contributed by atoms with E-state index in [1.807, 2.05) is 31.2 Å². The van der Waals surface area contributed by atoms with Gasteiger partial charge in [-0.1, -0.05) is 30.8 Å². The Bertz CT molecular complexity index is 897. The zero-order valence-corrected chi connectivity index (χ0v) is 15.7. The fraction of sp³-hybridized carbons (Fsp3) is 0.375. The Morgan fingerprint density at radius 3 is 2.96 bits per heavy atom. The molecule has 132 valence electrons. The molecule has 0 fully saturated rings. The van der Waals surface area contributed by atoms with E-state index < -0.39 is 0 Å². The summed E-state index contributed by atoms with van der Waals surface area (Å²) in [6, 6.07) is 7.93. The second-order valence-electron chi connectivity index (χ2n) is 5.58. The fourth-order valence-electron chi connectivity index (χ4n) is 2.35. The summed E-state index contributed by atoms with van der Waals surface area (Å²) in [6.45, 7) is 3.05. The van der Waals surface area contributed by atoms with Gasteiger partial charge in [-0.25, -0.2) is 14.9 Å². The van der Waals surface area contributed by atoms with Crippen molar-refractivity contribution in [2.75, 3.05) is 12.8 Å². The SMILES string of the molecule is CCCn1c(SCC(=O)N(C)Cc2nc3ccccc3s2)n[nH]c1=O. The van der Waals surface area contributed by atoms with Crippen molar-refractivity contribution < 1.29 is 4.79 Å². The number of benzene rings is 1. The molecule has 0 aliphatic rings. The van der Waals surface area contributed by atoms with Crippen LogP contribution < -0.4 is 5.69 Å². The molecule has 1 N–H and O–H groups in total. The lowest BCUT2D eigenvalue weighted by Gasteiger charge is -2.15. The van der Waals surface area contributed by atoms with Gasteiger partial charge in [0.05, 0.1) is 22.5 Å². The standard InChI is InChI=1S/C16H19N5O2S2/c1-3-8-21-15(23)18-19-16(21)24-10-14(22)20(2)9-13-17-11-6-4-5-7-12(11)25-13/h4-7H,3,8-10H2,1-2H3,(H,18,23). The maximum Gasteiger partial charge on any atom is 0.343 e. The molecule has 3 rings (SSSR count). The summed E-state index contributed by atoms with van der Waals surface area (Å²) in [5, 5.41) is 7.88. The van der Waals surface area contributed by atoms with Crippen LogP contribution in [0.25, 0.3) is 10.2 Å². The first-order valence-electron chi connectivity index (χ1n) is 7.95. The van der Waals surface area contributed by atoms with Gasteiger partial charge in [-0.05, 0) is 18.6 Å². The van der Waals surface area contributed by atoms with Crippen LogP contribution in [0, 0.1) is 0 Å². The molecule has 0 saturated carbocycles. The summed E-state index contributed by atoms with van der Waals surface area (Å²) < 4.78 is 2.68. The number of aromatic amines is 1. The predicted molar refractivity (Wildman–Crippen MR) is 100.0 cm³/mol. The Kier molecular flexibility index (Phi) is 5.54. The van der Waals surface area contributed by atoms with Crippen LogP contribution in [0.2, 0.25) is 0 Å². The molecule has 0 spiro atoms. The number of thiazole rings is 1. The summed E-state index contributed by atoms with van der Waals surface area (Å²) in [4.78, 5) is 30.2. The number of rotatable bonds is 7. The molecular formula is C16H19N5O2S2. The molecular weight excluding hydrogens is 358 g/mol. The Morgan fingerprint density at radius 2 is 2.20 bits per heavy atom. The van der Waals surface area contributed by atoms with Crippen LogP contribution in [-0.2, 0) is 17.9 Å². The van der Waals surface area contributed by atoms with Gasteiger partial charge in [0.25, 0.3) is 0 Å². The number of carbonyl (C=O) groups is 1. The van der Waals surface area contributed by atoms with E-state index in [-0.39, 0.29) is 17.3 Å². The third-order valence-corrected chi connectivity index (χ3v) is 5.61. The molecule has 1 amide bonds. The van der Waals surface area contributed by atoms with Crippen molar-refractivity contribution >= 4 is 39.2 Å². The summed E-state index contributed by atoms with van der Waals surface area (Å²) in [5.41, 5.74) is 0.720. The molecule has 2 aromatic heterocycles. The third-order valence-electron chi connectivity index (χ3n) is 3.63. The molecule has 0 atom stereocenters. The van der Waals surface area contributed by atoms with Gasteiger partial charge < -0.3 is 4.90 Å². The number of thioether (sulfide) groups is 1. The minimum absolute atomic E-state index is 0.0252. The Labute approximate surface area is 153 Å². The number of H-pyrrole nitrogens is 1. The maximum atomic E-state index is 12.4. The number of nitrogens with one attached hydrogen (secondary N) is 1. The highest BCUT2D eigenvalue weighted by Crippen LogP contribution is 2.22. The Balaban J connectivity index is 1.60. The maximum absolute atomic E-state index is 12.4. The van der Waals surface area contributed by atoms with E-state index >= 15 is 0 Å². The molecule has 0 saturated heterocycles. The third kappa shape index (κ3) is 4.10. The normalized spacial score (nSPS) is 11.1. The zero-order chi connectivity index (χ0) is 17.8. The van der Waals surface area contributed by atoms with Crippen LogP contribution in [0.5, 0.6) is 0 Å². The molecule has 25 heavy (non-hydrogen) atoms. The molecule has 1 aromatic carbocycles. The number of carbonyl (C=O) groups excluding carboxylic acids is 1. The number of para-hydroxylation sites is 1. The molecule has 2 heterocycles. The monoisotopic (exact) mass is 377 g/mol. The van der Waals surface area contributed by atoms with Crippen molar-refractivity contribution in [3.8, 4) is 0 Å². The van der Waals surface area contributed by atoms with Crippen LogP contribution in [0.15, 0.2) is 34.2 Å². The summed E-state index contributed by atoms with van der Waals surface area (Å²) in [7, 11) is 1.76. The first kappa shape index (κ1) is 17.7. The van der Waals surface area contributed by atoms with Crippen molar-refractivity contribution in [3.63, 3.8) is 0 Å². The number of nitrogens with zero attached hydrogens (tertiary/aromatic N) is 4. The number of fused-ring (bicyclic) bond motifs is 1. The second kappa shape index (κ2) is 7.83. The van der Waals surface area contributed by atoms with E-state index in [0.717, 1.165) is 21.6 Å². The Hall–Kier alpha value is -2.13. The quantitative estimate of drug-likeness (QED) is 0.639. The number of hydrogen-bond acceptors (Lipinski definition) is 6. The average Bonchev–Trinajstić information content (AvgIpc) is 3.16. The lowest BCUT2D eigenvalue weighted by atomic mass is 10.3. The molecule has 3 aromatic rings. The number of aromatic nitrogens is 4. The lowest BCUT2D eigenvalue weighted by molar-refractivity contribution is -0.127. The number of hydrogen-bond donors (Lipinski definition) is 1. The van der Waals surface area contributed by atoms with Crippen LogP contribution in [0.1, 0.15) is 18.4 Å². The van der Waals surface area contributed by atoms with Crippen molar-refractivity contribution in [3.05, 3.63) is 39.8 Å². The minimum Gasteiger partial charge on any atom is -0.338 e. The number of amides is 1. The van der Waals surface area contributed by atoms with Gasteiger partial charge in [0, 0.05) is 13.6 Å². The fourth-order valence-corrected chi connectivity index (χ4v) is 4.28. The van der Waals surface area contributed by atoms with E-state index in [4.69, 9.17) is 0 Å². The molecule has 0 aliphatic carbocycles. The molecule has 7 nitrogen and oxygen atoms in total. The van der Waals surface area contributed by atoms with Gasteiger partial charge in [0.2, 0.25) is 5.91 Å². The van der Waals surface area contributed by atoms with E-state index in [0.29, 0.717) is 18.2 Å². The highest BCUT2D eigenvalue weighted by atomic mass is 32.2. The molecule has 0 radical (unpaired) electrons. The zero-order valence-electron chi connectivity index (χ0n) is 14.1. The minimum atomic E-state index is -0.236. The van der Waals surface area contributed by atoms with E-state index in [9.17, 15) is 9.59 Å². The van der Waals surface area contributed by atoms with Gasteiger partial charge in [0.1, 0.15) is 5.01 Å². The summed E-state index contributed by atoms with van der Waals surface area (Å²) in [6.07, 6.45) is 0.832. The van der Waals surface area contributed by atoms with Crippen molar-refractivity contribution in [2.45, 2.75) is 31.6 Å². The van der Waals surface area contributed by atoms with Crippen molar-refractivity contribution in [1.82, 2.24) is 24.6 Å². The average molecular weight is 377 g/mol. The molecule has 0 bridgehead atoms. The largest absolute Gasteiger partial charge is 0.343 e. The highest BCUT2D eigenvalue weighted by molar-refractivity contribution is 7.99. The summed E-state index contributed by atoms with van der Waals surface area (Å²) >= 11 is 2.87. The summed E-state index contributed by atoms with van der Waals surface area (Å²) in [5.74, 6) is 0.206. The first-order chi connectivity index (χ1) is 12.1. The van der Waals surface area contributed by atoms with E-state index in [1.54, 1.807) is 27.9 Å². The Morgan fingerprint density at radius 1 is 1.40 bits per heavy atom. The smallest absolute Gasteiger partial charge is 0.338 e. The van der Waals surface area contributed by atoms with Gasteiger partial charge in [-0.2, -0.15) is 0 Å². The first-order valence-corrected chi connectivity index (χ1v) is 9.75. The predicted octanol–water partition coefficient (Wildman–Crippen LogP) is 2.34. The molecule has 0 aliphatic heterocycles. The van der Waals surface area contributed by atoms with Crippen molar-refractivity contribution in [2.24, 2.45) is 0 Å². The van der Waals surface area contributed by atoms with Crippen LogP contribution in [0.4, 0.5) is 0 Å².